The molecule has 5 heteroatoms. The fourth-order valence-corrected chi connectivity index (χ4v) is 3.04. The molecule has 1 aromatic heterocycles. The number of nitrogens with zero attached hydrogens (tertiary/aromatic N) is 4. The predicted octanol–water partition coefficient (Wildman–Crippen LogP) is 4.17. The third-order valence-corrected chi connectivity index (χ3v) is 4.44. The molecular formula is C23H20N4O. The molecule has 0 unspecified atom stereocenters. The van der Waals surface area contributed by atoms with Crippen molar-refractivity contribution in [3.8, 4) is 0 Å². The largest absolute Gasteiger partial charge is 0.303 e. The van der Waals surface area contributed by atoms with Crippen molar-refractivity contribution in [1.29, 1.82) is 0 Å². The Morgan fingerprint density at radius 3 is 2.00 bits per heavy atom. The molecule has 138 valence electrons. The van der Waals surface area contributed by atoms with Gasteiger partial charge in [-0.1, -0.05) is 84.1 Å². The first-order valence-corrected chi connectivity index (χ1v) is 9.14. The zero-order valence-corrected chi connectivity index (χ0v) is 15.3. The summed E-state index contributed by atoms with van der Waals surface area (Å²) in [5.41, 5.74) is 3.32. The topological polar surface area (TPSA) is 51.0 Å². The van der Waals surface area contributed by atoms with E-state index in [1.54, 1.807) is 15.8 Å². The molecule has 0 saturated carbocycles. The van der Waals surface area contributed by atoms with Crippen LogP contribution in [0.4, 0.5) is 5.69 Å². The number of carbonyl (C=O) groups excluding carboxylic acids is 1. The fraction of sp³-hybridized carbons (Fsp3) is 0.0870. The Morgan fingerprint density at radius 1 is 0.786 bits per heavy atom. The van der Waals surface area contributed by atoms with Crippen molar-refractivity contribution < 1.29 is 4.79 Å². The van der Waals surface area contributed by atoms with Crippen LogP contribution in [0, 0.1) is 0 Å². The standard InChI is InChI=1S/C23H20N4O/c28-23(22-18-26(25-24-22)16-19-10-4-1-5-11-19)27(21-14-8-3-9-15-21)17-20-12-6-2-7-13-20/h1-15,18H,16-17H2. The zero-order chi connectivity index (χ0) is 19.2. The molecule has 0 atom stereocenters. The van der Waals surface area contributed by atoms with Crippen LogP contribution >= 0.6 is 0 Å². The molecule has 4 aromatic rings. The Morgan fingerprint density at radius 2 is 1.36 bits per heavy atom. The maximum Gasteiger partial charge on any atom is 0.280 e. The maximum absolute atomic E-state index is 13.2. The van der Waals surface area contributed by atoms with E-state index >= 15 is 0 Å². The van der Waals surface area contributed by atoms with Crippen LogP contribution in [0.5, 0.6) is 0 Å². The van der Waals surface area contributed by atoms with Gasteiger partial charge in [0, 0.05) is 5.69 Å². The second kappa shape index (κ2) is 8.31. The number of rotatable bonds is 6. The van der Waals surface area contributed by atoms with Crippen LogP contribution in [0.1, 0.15) is 21.6 Å². The molecule has 0 aliphatic heterocycles. The monoisotopic (exact) mass is 368 g/mol. The van der Waals surface area contributed by atoms with E-state index in [-0.39, 0.29) is 5.91 Å². The minimum Gasteiger partial charge on any atom is -0.303 e. The van der Waals surface area contributed by atoms with Crippen molar-refractivity contribution in [3.63, 3.8) is 0 Å². The van der Waals surface area contributed by atoms with Gasteiger partial charge in [-0.2, -0.15) is 0 Å². The summed E-state index contributed by atoms with van der Waals surface area (Å²) in [6, 6.07) is 29.5. The first-order valence-electron chi connectivity index (χ1n) is 9.14. The smallest absolute Gasteiger partial charge is 0.280 e. The summed E-state index contributed by atoms with van der Waals surface area (Å²) in [6.07, 6.45) is 1.70. The average Bonchev–Trinajstić information content (AvgIpc) is 3.22. The van der Waals surface area contributed by atoms with E-state index < -0.39 is 0 Å². The summed E-state index contributed by atoms with van der Waals surface area (Å²) >= 11 is 0. The number of aromatic nitrogens is 3. The molecule has 0 radical (unpaired) electrons. The highest BCUT2D eigenvalue weighted by molar-refractivity contribution is 6.04. The van der Waals surface area contributed by atoms with Crippen molar-refractivity contribution in [3.05, 3.63) is 114 Å². The Labute approximate surface area is 163 Å². The number of para-hydroxylation sites is 1. The minimum atomic E-state index is -0.172. The van der Waals surface area contributed by atoms with Crippen molar-refractivity contribution in [2.45, 2.75) is 13.1 Å². The van der Waals surface area contributed by atoms with Crippen LogP contribution in [0.25, 0.3) is 0 Å². The Kier molecular flexibility index (Phi) is 5.24. The zero-order valence-electron chi connectivity index (χ0n) is 15.3. The summed E-state index contributed by atoms with van der Waals surface area (Å²) in [7, 11) is 0. The van der Waals surface area contributed by atoms with Crippen molar-refractivity contribution in [1.82, 2.24) is 15.0 Å². The highest BCUT2D eigenvalue weighted by Crippen LogP contribution is 2.19. The molecule has 1 heterocycles. The summed E-state index contributed by atoms with van der Waals surface area (Å²) in [4.78, 5) is 15.0. The van der Waals surface area contributed by atoms with Gasteiger partial charge in [0.1, 0.15) is 0 Å². The average molecular weight is 368 g/mol. The van der Waals surface area contributed by atoms with Crippen LogP contribution in [0.3, 0.4) is 0 Å². The molecule has 4 rings (SSSR count). The van der Waals surface area contributed by atoms with E-state index in [1.807, 2.05) is 91.0 Å². The molecule has 0 aliphatic carbocycles. The van der Waals surface area contributed by atoms with E-state index in [4.69, 9.17) is 0 Å². The van der Waals surface area contributed by atoms with Gasteiger partial charge in [-0.05, 0) is 23.3 Å². The van der Waals surface area contributed by atoms with Gasteiger partial charge in [0.2, 0.25) is 0 Å². The summed E-state index contributed by atoms with van der Waals surface area (Å²) < 4.78 is 1.69. The molecule has 0 fully saturated rings. The number of hydrogen-bond donors (Lipinski definition) is 0. The van der Waals surface area contributed by atoms with Gasteiger partial charge in [0.15, 0.2) is 5.69 Å². The molecule has 0 saturated heterocycles. The Hall–Kier alpha value is -3.73. The van der Waals surface area contributed by atoms with Crippen LogP contribution in [-0.2, 0) is 13.1 Å². The van der Waals surface area contributed by atoms with Gasteiger partial charge in [-0.15, -0.1) is 5.10 Å². The number of amides is 1. The van der Waals surface area contributed by atoms with Crippen molar-refractivity contribution >= 4 is 11.6 Å². The quantitative estimate of drug-likeness (QED) is 0.513. The highest BCUT2D eigenvalue weighted by Gasteiger charge is 2.21. The minimum absolute atomic E-state index is 0.172. The van der Waals surface area contributed by atoms with Gasteiger partial charge in [0.05, 0.1) is 19.3 Å². The summed E-state index contributed by atoms with van der Waals surface area (Å²) in [5, 5.41) is 8.26. The second-order valence-electron chi connectivity index (χ2n) is 6.50. The lowest BCUT2D eigenvalue weighted by Crippen LogP contribution is -2.30. The lowest BCUT2D eigenvalue weighted by Gasteiger charge is -2.22. The first kappa shape index (κ1) is 17.7. The molecule has 28 heavy (non-hydrogen) atoms. The van der Waals surface area contributed by atoms with E-state index in [1.165, 1.54) is 0 Å². The predicted molar refractivity (Wildman–Crippen MR) is 109 cm³/mol. The molecule has 0 bridgehead atoms. The number of hydrogen-bond acceptors (Lipinski definition) is 3. The van der Waals surface area contributed by atoms with Crippen LogP contribution < -0.4 is 4.90 Å². The SMILES string of the molecule is O=C(c1cn(Cc2ccccc2)nn1)N(Cc1ccccc1)c1ccccc1. The van der Waals surface area contributed by atoms with Crippen LogP contribution in [0.2, 0.25) is 0 Å². The normalized spacial score (nSPS) is 10.6. The number of benzene rings is 3. The van der Waals surface area contributed by atoms with Crippen LogP contribution in [-0.4, -0.2) is 20.9 Å². The fourth-order valence-electron chi connectivity index (χ4n) is 3.04. The number of anilines is 1. The molecule has 0 spiro atoms. The van der Waals surface area contributed by atoms with E-state index in [0.29, 0.717) is 18.8 Å². The molecule has 1 amide bonds. The van der Waals surface area contributed by atoms with Gasteiger partial charge >= 0.3 is 0 Å². The van der Waals surface area contributed by atoms with E-state index in [0.717, 1.165) is 16.8 Å². The Bertz CT molecular complexity index is 1030. The highest BCUT2D eigenvalue weighted by atomic mass is 16.2. The molecule has 3 aromatic carbocycles. The van der Waals surface area contributed by atoms with E-state index in [2.05, 4.69) is 10.3 Å². The van der Waals surface area contributed by atoms with Crippen molar-refractivity contribution in [2.75, 3.05) is 4.90 Å². The number of carbonyl (C=O) groups is 1. The maximum atomic E-state index is 13.2. The summed E-state index contributed by atoms with van der Waals surface area (Å²) in [5.74, 6) is -0.172. The van der Waals surface area contributed by atoms with Crippen LogP contribution in [0.15, 0.2) is 97.2 Å². The van der Waals surface area contributed by atoms with E-state index in [9.17, 15) is 4.79 Å². The third kappa shape index (κ3) is 4.15. The Balaban J connectivity index is 1.59. The van der Waals surface area contributed by atoms with Gasteiger partial charge in [-0.3, -0.25) is 4.79 Å². The lowest BCUT2D eigenvalue weighted by atomic mass is 10.2. The van der Waals surface area contributed by atoms with Gasteiger partial charge < -0.3 is 4.90 Å². The summed E-state index contributed by atoms with van der Waals surface area (Å²) in [6.45, 7) is 1.04. The first-order chi connectivity index (χ1) is 13.8. The third-order valence-electron chi connectivity index (χ3n) is 4.44. The van der Waals surface area contributed by atoms with Gasteiger partial charge in [0.25, 0.3) is 5.91 Å². The van der Waals surface area contributed by atoms with Crippen molar-refractivity contribution in [2.24, 2.45) is 0 Å². The molecular weight excluding hydrogens is 348 g/mol. The molecule has 0 aliphatic rings. The van der Waals surface area contributed by atoms with Gasteiger partial charge in [-0.25, -0.2) is 4.68 Å². The molecule has 0 N–H and O–H groups in total. The second-order valence-corrected chi connectivity index (χ2v) is 6.50. The lowest BCUT2D eigenvalue weighted by molar-refractivity contribution is 0.0980. The molecule has 5 nitrogen and oxygen atoms in total.